The Labute approximate surface area is 212 Å². The summed E-state index contributed by atoms with van der Waals surface area (Å²) in [6, 6.07) is 15.6. The van der Waals surface area contributed by atoms with Gasteiger partial charge in [-0.1, -0.05) is 6.08 Å². The molecule has 1 saturated carbocycles. The Bertz CT molecular complexity index is 1230. The predicted molar refractivity (Wildman–Crippen MR) is 139 cm³/mol. The van der Waals surface area contributed by atoms with Gasteiger partial charge in [0.1, 0.15) is 5.82 Å². The third-order valence-corrected chi connectivity index (χ3v) is 7.53. The predicted octanol–water partition coefficient (Wildman–Crippen LogP) is 5.52. The Hall–Kier alpha value is -3.47. The molecule has 186 valence electrons. The summed E-state index contributed by atoms with van der Waals surface area (Å²) in [5.41, 5.74) is 4.08. The molecule has 0 atom stereocenters. The van der Waals surface area contributed by atoms with Crippen molar-refractivity contribution in [3.8, 4) is 11.8 Å². The molecule has 2 aromatic heterocycles. The number of halogens is 1. The van der Waals surface area contributed by atoms with Gasteiger partial charge in [-0.2, -0.15) is 5.26 Å². The zero-order valence-electron chi connectivity index (χ0n) is 20.7. The van der Waals surface area contributed by atoms with Gasteiger partial charge in [-0.3, -0.25) is 9.88 Å². The molecular weight excluding hydrogens is 453 g/mol. The van der Waals surface area contributed by atoms with E-state index in [1.54, 1.807) is 12.1 Å². The van der Waals surface area contributed by atoms with Gasteiger partial charge >= 0.3 is 0 Å². The van der Waals surface area contributed by atoms with Gasteiger partial charge in [0.2, 0.25) is 0 Å². The topological polar surface area (TPSA) is 66.1 Å². The average Bonchev–Trinajstić information content (AvgIpc) is 3.43. The molecule has 1 N–H and O–H groups in total. The Morgan fingerprint density at radius 3 is 2.53 bits per heavy atom. The van der Waals surface area contributed by atoms with Gasteiger partial charge in [0.05, 0.1) is 42.3 Å². The normalized spacial score (nSPS) is 23.2. The Kier molecular flexibility index (Phi) is 7.17. The summed E-state index contributed by atoms with van der Waals surface area (Å²) in [7, 11) is 0. The van der Waals surface area contributed by atoms with Gasteiger partial charge in [0.25, 0.3) is 0 Å². The summed E-state index contributed by atoms with van der Waals surface area (Å²) in [5, 5.41) is 13.6. The maximum absolute atomic E-state index is 13.3. The minimum atomic E-state index is -0.517. The number of ether oxygens (including phenoxy) is 1. The molecule has 1 saturated heterocycles. The van der Waals surface area contributed by atoms with Crippen LogP contribution in [-0.4, -0.2) is 46.8 Å². The number of allylic oxidation sites excluding steroid dienone is 1. The highest BCUT2D eigenvalue weighted by Crippen LogP contribution is 2.40. The van der Waals surface area contributed by atoms with E-state index in [9.17, 15) is 9.65 Å². The molecule has 2 fully saturated rings. The van der Waals surface area contributed by atoms with E-state index in [2.05, 4.69) is 16.3 Å². The van der Waals surface area contributed by atoms with Crippen LogP contribution in [0.1, 0.15) is 43.9 Å². The summed E-state index contributed by atoms with van der Waals surface area (Å²) >= 11 is 0. The smallest absolute Gasteiger partial charge is 0.123 e. The Morgan fingerprint density at radius 2 is 1.89 bits per heavy atom. The van der Waals surface area contributed by atoms with Crippen LogP contribution >= 0.6 is 0 Å². The fourth-order valence-corrected chi connectivity index (χ4v) is 5.38. The van der Waals surface area contributed by atoms with Crippen molar-refractivity contribution in [3.05, 3.63) is 84.2 Å². The lowest BCUT2D eigenvalue weighted by atomic mass is 9.71. The molecule has 0 amide bonds. The number of nitrogens with one attached hydrogen (secondary N) is 1. The first-order valence-corrected chi connectivity index (χ1v) is 12.7. The van der Waals surface area contributed by atoms with Crippen LogP contribution in [0.3, 0.4) is 0 Å². The number of morpholine rings is 1. The van der Waals surface area contributed by atoms with Gasteiger partial charge in [-0.05, 0) is 75.1 Å². The van der Waals surface area contributed by atoms with Crippen LogP contribution in [0.2, 0.25) is 0 Å². The number of hydrogen-bond donors (Lipinski definition) is 1. The van der Waals surface area contributed by atoms with Crippen LogP contribution in [0.15, 0.2) is 67.1 Å². The molecule has 2 aliphatic rings. The van der Waals surface area contributed by atoms with E-state index in [1.165, 1.54) is 12.1 Å². The number of aromatic nitrogens is 2. The number of hydrogen-bond acceptors (Lipinski definition) is 5. The van der Waals surface area contributed by atoms with Gasteiger partial charge in [-0.15, -0.1) is 0 Å². The largest absolute Gasteiger partial charge is 0.379 e. The number of pyridine rings is 1. The molecule has 7 heteroatoms. The second-order valence-electron chi connectivity index (χ2n) is 9.62. The van der Waals surface area contributed by atoms with E-state index in [0.29, 0.717) is 6.04 Å². The number of anilines is 1. The molecule has 1 aromatic carbocycles. The summed E-state index contributed by atoms with van der Waals surface area (Å²) in [4.78, 5) is 7.26. The maximum atomic E-state index is 13.3. The summed E-state index contributed by atoms with van der Waals surface area (Å²) in [6.07, 6.45) is 11.5. The van der Waals surface area contributed by atoms with E-state index in [-0.39, 0.29) is 5.82 Å². The molecule has 3 aromatic rings. The van der Waals surface area contributed by atoms with Crippen molar-refractivity contribution in [2.24, 2.45) is 0 Å². The van der Waals surface area contributed by atoms with Crippen molar-refractivity contribution in [1.29, 1.82) is 5.26 Å². The molecular formula is C29H32FN5O. The Balaban J connectivity index is 1.25. The number of rotatable bonds is 6. The molecule has 3 heterocycles. The van der Waals surface area contributed by atoms with Crippen LogP contribution in [-0.2, 0) is 10.2 Å². The van der Waals surface area contributed by atoms with Crippen LogP contribution in [0.5, 0.6) is 0 Å². The Morgan fingerprint density at radius 1 is 1.14 bits per heavy atom. The number of nitriles is 1. The zero-order chi connectivity index (χ0) is 25.0. The van der Waals surface area contributed by atoms with Crippen LogP contribution in [0.25, 0.3) is 11.4 Å². The molecule has 0 radical (unpaired) electrons. The number of benzene rings is 1. The lowest BCUT2D eigenvalue weighted by Crippen LogP contribution is -2.47. The highest BCUT2D eigenvalue weighted by atomic mass is 19.1. The van der Waals surface area contributed by atoms with E-state index in [4.69, 9.17) is 9.72 Å². The molecule has 1 aliphatic carbocycles. The van der Waals surface area contributed by atoms with Gasteiger partial charge in [-0.25, -0.2) is 4.39 Å². The maximum Gasteiger partial charge on any atom is 0.123 e. The molecule has 0 bridgehead atoms. The summed E-state index contributed by atoms with van der Waals surface area (Å²) < 4.78 is 20.7. The average molecular weight is 486 g/mol. The SMILES string of the molecule is CC=C(Nc1ccc([C@]2(C#N)CC[C@@H](N3CCOCC3)CC2)nc1)c1ccn(-c2ccc(F)cc2)c1. The van der Waals surface area contributed by atoms with Crippen LogP contribution in [0, 0.1) is 17.1 Å². The molecule has 1 aliphatic heterocycles. The highest BCUT2D eigenvalue weighted by Gasteiger charge is 2.40. The summed E-state index contributed by atoms with van der Waals surface area (Å²) in [6.45, 7) is 5.58. The molecule has 6 nitrogen and oxygen atoms in total. The first-order chi connectivity index (χ1) is 17.6. The van der Waals surface area contributed by atoms with Crippen molar-refractivity contribution in [3.63, 3.8) is 0 Å². The van der Waals surface area contributed by atoms with E-state index in [1.807, 2.05) is 54.4 Å². The van der Waals surface area contributed by atoms with Crippen molar-refractivity contribution in [2.75, 3.05) is 31.6 Å². The second-order valence-corrected chi connectivity index (χ2v) is 9.62. The molecule has 0 spiro atoms. The lowest BCUT2D eigenvalue weighted by Gasteiger charge is -2.41. The highest BCUT2D eigenvalue weighted by molar-refractivity contribution is 5.76. The fraction of sp³-hybridized carbons (Fsp3) is 0.379. The van der Waals surface area contributed by atoms with Crippen molar-refractivity contribution >= 4 is 11.4 Å². The second kappa shape index (κ2) is 10.7. The lowest BCUT2D eigenvalue weighted by molar-refractivity contribution is 0.00493. The van der Waals surface area contributed by atoms with Crippen molar-refractivity contribution in [2.45, 2.75) is 44.1 Å². The standard InChI is InChI=1S/C29H32FN5O/c1-2-27(22-11-14-35(20-22)25-6-3-23(30)4-7-25)33-24-5-8-28(32-19-24)29(21-31)12-9-26(10-13-29)34-15-17-36-18-16-34/h2-8,11,14,19-20,26,33H,9-10,12-13,15-18H2,1H3/t26-,29-. The summed E-state index contributed by atoms with van der Waals surface area (Å²) in [5.74, 6) is -0.249. The minimum Gasteiger partial charge on any atom is -0.379 e. The van der Waals surface area contributed by atoms with Gasteiger partial charge in [0.15, 0.2) is 0 Å². The quantitative estimate of drug-likeness (QED) is 0.498. The zero-order valence-corrected chi connectivity index (χ0v) is 20.7. The van der Waals surface area contributed by atoms with Crippen LogP contribution < -0.4 is 5.32 Å². The third-order valence-electron chi connectivity index (χ3n) is 7.53. The van der Waals surface area contributed by atoms with E-state index >= 15 is 0 Å². The number of nitrogens with zero attached hydrogens (tertiary/aromatic N) is 4. The van der Waals surface area contributed by atoms with Gasteiger partial charge in [0, 0.05) is 48.5 Å². The molecule has 5 rings (SSSR count). The van der Waals surface area contributed by atoms with E-state index < -0.39 is 5.41 Å². The first kappa shape index (κ1) is 24.2. The minimum absolute atomic E-state index is 0.249. The van der Waals surface area contributed by atoms with Crippen molar-refractivity contribution in [1.82, 2.24) is 14.5 Å². The van der Waals surface area contributed by atoms with E-state index in [0.717, 1.165) is 80.3 Å². The van der Waals surface area contributed by atoms with Crippen LogP contribution in [0.4, 0.5) is 10.1 Å². The molecule has 36 heavy (non-hydrogen) atoms. The van der Waals surface area contributed by atoms with Gasteiger partial charge < -0.3 is 14.6 Å². The first-order valence-electron chi connectivity index (χ1n) is 12.7. The van der Waals surface area contributed by atoms with Crippen molar-refractivity contribution < 1.29 is 9.13 Å². The third kappa shape index (κ3) is 5.06. The molecule has 0 unspecified atom stereocenters. The monoisotopic (exact) mass is 485 g/mol. The fourth-order valence-electron chi connectivity index (χ4n) is 5.38.